The highest BCUT2D eigenvalue weighted by molar-refractivity contribution is 7.91. The van der Waals surface area contributed by atoms with Crippen molar-refractivity contribution in [3.8, 4) is 22.1 Å². The Balaban J connectivity index is 1.65. The molecule has 0 amide bonds. The molecule has 144 valence electrons. The summed E-state index contributed by atoms with van der Waals surface area (Å²) >= 11 is 1.14. The first-order valence-corrected chi connectivity index (χ1v) is 10.5. The number of ether oxygens (including phenoxy) is 2. The van der Waals surface area contributed by atoms with Gasteiger partial charge in [0.15, 0.2) is 17.3 Å². The van der Waals surface area contributed by atoms with E-state index in [9.17, 15) is 8.42 Å². The lowest BCUT2D eigenvalue weighted by Crippen LogP contribution is -2.25. The molecular weight excluding hydrogens is 388 g/mol. The molecule has 1 N–H and O–H groups in total. The van der Waals surface area contributed by atoms with Crippen LogP contribution < -0.4 is 14.2 Å². The fraction of sp³-hybridized carbons (Fsp3) is 0.278. The van der Waals surface area contributed by atoms with Gasteiger partial charge in [0.2, 0.25) is 10.0 Å². The summed E-state index contributed by atoms with van der Waals surface area (Å²) in [5.41, 5.74) is 1.69. The molecule has 0 spiro atoms. The van der Waals surface area contributed by atoms with Crippen molar-refractivity contribution in [1.29, 1.82) is 0 Å². The highest BCUT2D eigenvalue weighted by atomic mass is 32.2. The average Bonchev–Trinajstić information content (AvgIpc) is 3.30. The highest BCUT2D eigenvalue weighted by Crippen LogP contribution is 2.31. The number of rotatable bonds is 8. The maximum absolute atomic E-state index is 12.5. The number of hydrogen-bond donors (Lipinski definition) is 1. The minimum absolute atomic E-state index is 0.235. The second-order valence-corrected chi connectivity index (χ2v) is 8.87. The second-order valence-electron chi connectivity index (χ2n) is 5.79. The molecule has 0 bridgehead atoms. The first-order valence-electron chi connectivity index (χ1n) is 8.17. The van der Waals surface area contributed by atoms with Crippen molar-refractivity contribution in [3.63, 3.8) is 0 Å². The average molecular weight is 409 g/mol. The van der Waals surface area contributed by atoms with Crippen LogP contribution in [0.3, 0.4) is 0 Å². The minimum Gasteiger partial charge on any atom is -0.493 e. The highest BCUT2D eigenvalue weighted by Gasteiger charge is 2.18. The minimum atomic E-state index is -3.59. The molecule has 0 fully saturated rings. The van der Waals surface area contributed by atoms with Gasteiger partial charge >= 0.3 is 0 Å². The van der Waals surface area contributed by atoms with Crippen molar-refractivity contribution >= 4 is 21.4 Å². The van der Waals surface area contributed by atoms with Gasteiger partial charge < -0.3 is 14.0 Å². The van der Waals surface area contributed by atoms with E-state index < -0.39 is 10.0 Å². The van der Waals surface area contributed by atoms with Gasteiger partial charge in [-0.25, -0.2) is 13.1 Å². The van der Waals surface area contributed by atoms with E-state index in [1.165, 1.54) is 0 Å². The van der Waals surface area contributed by atoms with Crippen LogP contribution in [-0.4, -0.2) is 34.3 Å². The van der Waals surface area contributed by atoms with Crippen molar-refractivity contribution in [2.45, 2.75) is 17.6 Å². The Bertz CT molecular complexity index is 1020. The third-order valence-corrected chi connectivity index (χ3v) is 6.92. The fourth-order valence-electron chi connectivity index (χ4n) is 2.51. The van der Waals surface area contributed by atoms with Crippen molar-refractivity contribution in [3.05, 3.63) is 47.7 Å². The van der Waals surface area contributed by atoms with Crippen LogP contribution in [0.25, 0.3) is 10.6 Å². The van der Waals surface area contributed by atoms with E-state index in [0.717, 1.165) is 27.5 Å². The number of thiophene rings is 1. The number of nitrogens with zero attached hydrogens (tertiary/aromatic N) is 1. The number of benzene rings is 1. The van der Waals surface area contributed by atoms with E-state index in [0.29, 0.717) is 23.7 Å². The molecule has 3 aromatic rings. The molecule has 0 aliphatic carbocycles. The maximum Gasteiger partial charge on any atom is 0.250 e. The number of aryl methyl sites for hydroxylation is 1. The Hall–Kier alpha value is -2.36. The molecule has 0 radical (unpaired) electrons. The van der Waals surface area contributed by atoms with E-state index >= 15 is 0 Å². The fourth-order valence-corrected chi connectivity index (χ4v) is 4.84. The Morgan fingerprint density at radius 2 is 1.89 bits per heavy atom. The van der Waals surface area contributed by atoms with E-state index in [2.05, 4.69) is 9.88 Å². The van der Waals surface area contributed by atoms with E-state index in [4.69, 9.17) is 14.0 Å². The monoisotopic (exact) mass is 408 g/mol. The molecule has 0 saturated carbocycles. The summed E-state index contributed by atoms with van der Waals surface area (Å²) in [6.07, 6.45) is 0.527. The van der Waals surface area contributed by atoms with Crippen molar-refractivity contribution in [1.82, 2.24) is 9.88 Å². The molecule has 27 heavy (non-hydrogen) atoms. The van der Waals surface area contributed by atoms with Gasteiger partial charge in [-0.3, -0.25) is 0 Å². The molecule has 3 rings (SSSR count). The lowest BCUT2D eigenvalue weighted by Gasteiger charge is -2.10. The van der Waals surface area contributed by atoms with Gasteiger partial charge in [0.1, 0.15) is 4.21 Å². The summed E-state index contributed by atoms with van der Waals surface area (Å²) in [6, 6.07) is 10.6. The molecule has 0 unspecified atom stereocenters. The summed E-state index contributed by atoms with van der Waals surface area (Å²) in [7, 11) is -0.454. The smallest absolute Gasteiger partial charge is 0.250 e. The Morgan fingerprint density at radius 1 is 1.11 bits per heavy atom. The Labute approximate surface area is 162 Å². The Kier molecular flexibility index (Phi) is 5.83. The molecule has 0 saturated heterocycles. The van der Waals surface area contributed by atoms with Gasteiger partial charge in [-0.05, 0) is 43.2 Å². The number of aromatic nitrogens is 1. The number of hydrogen-bond acceptors (Lipinski definition) is 7. The van der Waals surface area contributed by atoms with Crippen LogP contribution in [0.4, 0.5) is 0 Å². The third kappa shape index (κ3) is 4.49. The molecule has 1 aromatic carbocycles. The summed E-state index contributed by atoms with van der Waals surface area (Å²) < 4.78 is 43.5. The van der Waals surface area contributed by atoms with E-state index in [1.54, 1.807) is 38.5 Å². The van der Waals surface area contributed by atoms with Crippen LogP contribution in [0.1, 0.15) is 11.3 Å². The standard InChI is InChI=1S/C18H20N2O5S2/c1-12-10-16(25-20-12)17-6-7-18(26-17)27(21,22)19-9-8-13-4-5-14(23-2)15(11-13)24-3/h4-7,10-11,19H,8-9H2,1-3H3. The van der Waals surface area contributed by atoms with Crippen LogP contribution in [0.2, 0.25) is 0 Å². The topological polar surface area (TPSA) is 90.7 Å². The lowest BCUT2D eigenvalue weighted by atomic mass is 10.1. The zero-order chi connectivity index (χ0) is 19.4. The summed E-state index contributed by atoms with van der Waals surface area (Å²) in [5.74, 6) is 1.81. The van der Waals surface area contributed by atoms with Crippen LogP contribution >= 0.6 is 11.3 Å². The first-order chi connectivity index (χ1) is 12.9. The van der Waals surface area contributed by atoms with Gasteiger partial charge in [0.05, 0.1) is 24.8 Å². The van der Waals surface area contributed by atoms with Gasteiger partial charge in [0.25, 0.3) is 0 Å². The number of nitrogens with one attached hydrogen (secondary N) is 1. The zero-order valence-corrected chi connectivity index (χ0v) is 16.8. The van der Waals surface area contributed by atoms with Crippen LogP contribution in [0.5, 0.6) is 11.5 Å². The van der Waals surface area contributed by atoms with Crippen LogP contribution in [0.15, 0.2) is 45.1 Å². The van der Waals surface area contributed by atoms with Crippen molar-refractivity contribution in [2.24, 2.45) is 0 Å². The predicted molar refractivity (Wildman–Crippen MR) is 103 cm³/mol. The summed E-state index contributed by atoms with van der Waals surface area (Å²) in [6.45, 7) is 2.08. The van der Waals surface area contributed by atoms with Gasteiger partial charge in [-0.1, -0.05) is 11.2 Å². The maximum atomic E-state index is 12.5. The van der Waals surface area contributed by atoms with Gasteiger partial charge in [0, 0.05) is 12.6 Å². The largest absolute Gasteiger partial charge is 0.493 e. The molecule has 7 nitrogen and oxygen atoms in total. The van der Waals surface area contributed by atoms with Crippen molar-refractivity contribution < 1.29 is 22.4 Å². The Morgan fingerprint density at radius 3 is 2.56 bits per heavy atom. The van der Waals surface area contributed by atoms with E-state index in [-0.39, 0.29) is 10.8 Å². The number of methoxy groups -OCH3 is 2. The second kappa shape index (κ2) is 8.12. The zero-order valence-electron chi connectivity index (χ0n) is 15.2. The van der Waals surface area contributed by atoms with Gasteiger partial charge in [-0.2, -0.15) is 0 Å². The van der Waals surface area contributed by atoms with Crippen molar-refractivity contribution in [2.75, 3.05) is 20.8 Å². The van der Waals surface area contributed by atoms with Crippen LogP contribution in [-0.2, 0) is 16.4 Å². The van der Waals surface area contributed by atoms with Gasteiger partial charge in [-0.15, -0.1) is 11.3 Å². The third-order valence-electron chi connectivity index (χ3n) is 3.87. The predicted octanol–water partition coefficient (Wildman–Crippen LogP) is 3.25. The lowest BCUT2D eigenvalue weighted by molar-refractivity contribution is 0.354. The SMILES string of the molecule is COc1ccc(CCNS(=O)(=O)c2ccc(-c3cc(C)no3)s2)cc1OC. The first kappa shape index (κ1) is 19.4. The van der Waals surface area contributed by atoms with E-state index in [1.807, 2.05) is 19.1 Å². The molecule has 0 aliphatic rings. The summed E-state index contributed by atoms with van der Waals surface area (Å²) in [5, 5.41) is 3.82. The molecular formula is C18H20N2O5S2. The molecule has 0 aliphatic heterocycles. The quantitative estimate of drug-likeness (QED) is 0.615. The normalized spacial score (nSPS) is 11.5. The van der Waals surface area contributed by atoms with Crippen LogP contribution in [0, 0.1) is 6.92 Å². The summed E-state index contributed by atoms with van der Waals surface area (Å²) in [4.78, 5) is 0.718. The molecule has 0 atom stereocenters. The molecule has 2 heterocycles. The molecule has 9 heteroatoms. The molecule has 2 aromatic heterocycles. The number of sulfonamides is 1.